The first kappa shape index (κ1) is 9.80. The minimum Gasteiger partial charge on any atom is -0.226 e. The van der Waals surface area contributed by atoms with Crippen LogP contribution in [0.3, 0.4) is 0 Å². The van der Waals surface area contributed by atoms with Crippen molar-refractivity contribution in [1.29, 1.82) is 5.26 Å². The highest BCUT2D eigenvalue weighted by Crippen LogP contribution is 2.42. The summed E-state index contributed by atoms with van der Waals surface area (Å²) in [5, 5.41) is 9.38. The average molecular weight is 228 g/mol. The zero-order chi connectivity index (χ0) is 11.1. The van der Waals surface area contributed by atoms with Crippen LogP contribution in [0.5, 0.6) is 0 Å². The van der Waals surface area contributed by atoms with Gasteiger partial charge in [0, 0.05) is 0 Å². The van der Waals surface area contributed by atoms with Crippen molar-refractivity contribution in [3.05, 3.63) is 28.8 Å². The molecule has 1 fully saturated rings. The van der Waals surface area contributed by atoms with Crippen molar-refractivity contribution in [2.45, 2.75) is 25.7 Å². The van der Waals surface area contributed by atoms with Gasteiger partial charge in [-0.25, -0.2) is 4.98 Å². The van der Waals surface area contributed by atoms with Gasteiger partial charge < -0.3 is 0 Å². The van der Waals surface area contributed by atoms with E-state index in [2.05, 4.69) is 36.2 Å². The first-order valence-corrected chi connectivity index (χ1v) is 6.40. The molecule has 0 amide bonds. The standard InChI is InChI=1S/C13H12N2S/c1-8-2-4-10(8)9-3-5-12-11(6-9)15-13(7-14)16-12/h3,5-6,8,10H,2,4H2,1H3. The van der Waals surface area contributed by atoms with Gasteiger partial charge in [-0.3, -0.25) is 0 Å². The summed E-state index contributed by atoms with van der Waals surface area (Å²) < 4.78 is 1.12. The van der Waals surface area contributed by atoms with Crippen molar-refractivity contribution in [2.24, 2.45) is 5.92 Å². The Hall–Kier alpha value is -1.40. The van der Waals surface area contributed by atoms with E-state index < -0.39 is 0 Å². The molecule has 2 unspecified atom stereocenters. The molecule has 1 aliphatic rings. The Kier molecular flexibility index (Phi) is 2.19. The van der Waals surface area contributed by atoms with Crippen molar-refractivity contribution in [2.75, 3.05) is 0 Å². The molecular weight excluding hydrogens is 216 g/mol. The number of nitrogens with zero attached hydrogens (tertiary/aromatic N) is 2. The van der Waals surface area contributed by atoms with Crippen LogP contribution in [-0.2, 0) is 0 Å². The van der Waals surface area contributed by atoms with E-state index in [1.807, 2.05) is 0 Å². The molecular formula is C13H12N2S. The second kappa shape index (κ2) is 3.57. The highest BCUT2D eigenvalue weighted by molar-refractivity contribution is 7.19. The Morgan fingerprint density at radius 2 is 2.31 bits per heavy atom. The highest BCUT2D eigenvalue weighted by Gasteiger charge is 2.28. The molecule has 1 saturated carbocycles. The molecule has 1 heterocycles. The predicted octanol–water partition coefficient (Wildman–Crippen LogP) is 3.68. The third-order valence-electron chi connectivity index (χ3n) is 3.56. The second-order valence-electron chi connectivity index (χ2n) is 4.52. The van der Waals surface area contributed by atoms with Gasteiger partial charge in [0.25, 0.3) is 0 Å². The van der Waals surface area contributed by atoms with Gasteiger partial charge in [0.2, 0.25) is 0 Å². The third kappa shape index (κ3) is 1.42. The van der Waals surface area contributed by atoms with Gasteiger partial charge >= 0.3 is 0 Å². The van der Waals surface area contributed by atoms with Crippen molar-refractivity contribution in [1.82, 2.24) is 4.98 Å². The second-order valence-corrected chi connectivity index (χ2v) is 5.55. The minimum absolute atomic E-state index is 0.564. The maximum Gasteiger partial charge on any atom is 0.195 e. The zero-order valence-corrected chi connectivity index (χ0v) is 9.92. The van der Waals surface area contributed by atoms with Crippen LogP contribution in [0.1, 0.15) is 36.3 Å². The number of aromatic nitrogens is 1. The van der Waals surface area contributed by atoms with E-state index >= 15 is 0 Å². The number of hydrogen-bond donors (Lipinski definition) is 0. The number of fused-ring (bicyclic) bond motifs is 1. The van der Waals surface area contributed by atoms with Gasteiger partial charge in [-0.05, 0) is 42.4 Å². The first-order valence-electron chi connectivity index (χ1n) is 5.58. The molecule has 3 heteroatoms. The summed E-state index contributed by atoms with van der Waals surface area (Å²) in [5.74, 6) is 1.50. The molecule has 0 N–H and O–H groups in total. The molecule has 0 spiro atoms. The number of benzene rings is 1. The monoisotopic (exact) mass is 228 g/mol. The van der Waals surface area contributed by atoms with E-state index in [0.29, 0.717) is 10.9 Å². The van der Waals surface area contributed by atoms with Gasteiger partial charge in [-0.15, -0.1) is 11.3 Å². The molecule has 0 radical (unpaired) electrons. The smallest absolute Gasteiger partial charge is 0.195 e. The average Bonchev–Trinajstić information content (AvgIpc) is 2.69. The maximum atomic E-state index is 8.81. The number of thiazole rings is 1. The summed E-state index contributed by atoms with van der Waals surface area (Å²) in [5.41, 5.74) is 2.37. The van der Waals surface area contributed by atoms with Crippen LogP contribution in [0.25, 0.3) is 10.2 Å². The van der Waals surface area contributed by atoms with Gasteiger partial charge in [0.1, 0.15) is 6.07 Å². The van der Waals surface area contributed by atoms with E-state index in [-0.39, 0.29) is 0 Å². The Morgan fingerprint density at radius 1 is 1.44 bits per heavy atom. The molecule has 0 aliphatic heterocycles. The van der Waals surface area contributed by atoms with E-state index in [9.17, 15) is 0 Å². The summed E-state index contributed by atoms with van der Waals surface area (Å²) in [6, 6.07) is 8.57. The van der Waals surface area contributed by atoms with Crippen molar-refractivity contribution >= 4 is 21.6 Å². The molecule has 2 nitrogen and oxygen atoms in total. The van der Waals surface area contributed by atoms with Gasteiger partial charge in [0.15, 0.2) is 5.01 Å². The van der Waals surface area contributed by atoms with Gasteiger partial charge in [0.05, 0.1) is 10.2 Å². The molecule has 0 bridgehead atoms. The fraction of sp³-hybridized carbons (Fsp3) is 0.385. The minimum atomic E-state index is 0.564. The molecule has 2 aromatic rings. The Labute approximate surface area is 98.5 Å². The van der Waals surface area contributed by atoms with Crippen LogP contribution in [0.4, 0.5) is 0 Å². The molecule has 1 aliphatic carbocycles. The topological polar surface area (TPSA) is 36.7 Å². The number of rotatable bonds is 1. The lowest BCUT2D eigenvalue weighted by Gasteiger charge is -2.34. The number of nitriles is 1. The summed E-state index contributed by atoms with van der Waals surface area (Å²) in [6.45, 7) is 2.31. The van der Waals surface area contributed by atoms with Crippen molar-refractivity contribution in [3.8, 4) is 6.07 Å². The van der Waals surface area contributed by atoms with Crippen LogP contribution in [-0.4, -0.2) is 4.98 Å². The molecule has 2 atom stereocenters. The van der Waals surface area contributed by atoms with E-state index in [4.69, 9.17) is 5.26 Å². The van der Waals surface area contributed by atoms with Crippen LogP contribution in [0, 0.1) is 17.2 Å². The Balaban J connectivity index is 2.05. The molecule has 0 saturated heterocycles. The normalized spacial score (nSPS) is 24.0. The van der Waals surface area contributed by atoms with E-state index in [1.54, 1.807) is 0 Å². The molecule has 80 valence electrons. The van der Waals surface area contributed by atoms with Crippen LogP contribution in [0.2, 0.25) is 0 Å². The fourth-order valence-electron chi connectivity index (χ4n) is 2.38. The molecule has 1 aromatic heterocycles. The summed E-state index contributed by atoms with van der Waals surface area (Å²) >= 11 is 1.47. The predicted molar refractivity (Wildman–Crippen MR) is 65.5 cm³/mol. The summed E-state index contributed by atoms with van der Waals surface area (Å²) in [7, 11) is 0. The van der Waals surface area contributed by atoms with Crippen molar-refractivity contribution < 1.29 is 0 Å². The lowest BCUT2D eigenvalue weighted by molar-refractivity contribution is 0.280. The Bertz CT molecular complexity index is 579. The maximum absolute atomic E-state index is 8.81. The van der Waals surface area contributed by atoms with E-state index in [0.717, 1.165) is 16.1 Å². The third-order valence-corrected chi connectivity index (χ3v) is 4.50. The van der Waals surface area contributed by atoms with Gasteiger partial charge in [-0.2, -0.15) is 5.26 Å². The molecule has 1 aromatic carbocycles. The lowest BCUT2D eigenvalue weighted by atomic mass is 9.71. The lowest BCUT2D eigenvalue weighted by Crippen LogP contribution is -2.20. The zero-order valence-electron chi connectivity index (χ0n) is 9.10. The van der Waals surface area contributed by atoms with Crippen molar-refractivity contribution in [3.63, 3.8) is 0 Å². The van der Waals surface area contributed by atoms with Crippen LogP contribution in [0.15, 0.2) is 18.2 Å². The largest absolute Gasteiger partial charge is 0.226 e. The SMILES string of the molecule is CC1CCC1c1ccc2sc(C#N)nc2c1. The quantitative estimate of drug-likeness (QED) is 0.746. The summed E-state index contributed by atoms with van der Waals surface area (Å²) in [6.07, 6.45) is 2.63. The number of hydrogen-bond acceptors (Lipinski definition) is 3. The Morgan fingerprint density at radius 3 is 2.94 bits per heavy atom. The first-order chi connectivity index (χ1) is 7.78. The van der Waals surface area contributed by atoms with Crippen LogP contribution >= 0.6 is 11.3 Å². The van der Waals surface area contributed by atoms with Gasteiger partial charge in [-0.1, -0.05) is 13.0 Å². The van der Waals surface area contributed by atoms with Crippen LogP contribution < -0.4 is 0 Å². The highest BCUT2D eigenvalue weighted by atomic mass is 32.1. The fourth-order valence-corrected chi connectivity index (χ4v) is 3.13. The van der Waals surface area contributed by atoms with E-state index in [1.165, 1.54) is 29.7 Å². The molecule has 16 heavy (non-hydrogen) atoms. The summed E-state index contributed by atoms with van der Waals surface area (Å²) in [4.78, 5) is 4.32. The molecule has 3 rings (SSSR count).